The second-order valence-corrected chi connectivity index (χ2v) is 16.3. The van der Waals surface area contributed by atoms with Crippen molar-refractivity contribution < 1.29 is 28.4 Å². The number of hydrogen-bond donors (Lipinski definition) is 4. The fourth-order valence-electron chi connectivity index (χ4n) is 6.34. The van der Waals surface area contributed by atoms with Crippen LogP contribution in [0, 0.1) is 0 Å². The molecule has 5 N–H and O–H groups in total. The zero-order chi connectivity index (χ0) is 38.9. The first kappa shape index (κ1) is 51.7. The van der Waals surface area contributed by atoms with Gasteiger partial charge in [0.1, 0.15) is 0 Å². The normalized spacial score (nSPS) is 14.4. The van der Waals surface area contributed by atoms with Crippen LogP contribution in [0.15, 0.2) is 36.5 Å². The van der Waals surface area contributed by atoms with Crippen LogP contribution in [-0.2, 0) is 18.4 Å². The van der Waals surface area contributed by atoms with E-state index < -0.39 is 20.0 Å². The highest BCUT2D eigenvalue weighted by Gasteiger charge is 2.26. The number of phosphoric ester groups is 1. The summed E-state index contributed by atoms with van der Waals surface area (Å²) in [4.78, 5) is 22.7. The lowest BCUT2D eigenvalue weighted by atomic mass is 10.0. The Morgan fingerprint density at radius 2 is 1.00 bits per heavy atom. The lowest BCUT2D eigenvalue weighted by molar-refractivity contribution is -0.123. The molecule has 8 nitrogen and oxygen atoms in total. The third-order valence-corrected chi connectivity index (χ3v) is 10.7. The maximum absolute atomic E-state index is 12.8. The number of phosphoric acid groups is 1. The number of carbonyl (C=O) groups is 1. The number of unbranched alkanes of at least 4 members (excludes halogenated alkanes) is 25. The molecular weight excluding hydrogens is 683 g/mol. The summed E-state index contributed by atoms with van der Waals surface area (Å²) in [7, 11) is -4.35. The summed E-state index contributed by atoms with van der Waals surface area (Å²) in [5.41, 5.74) is 5.37. The number of amides is 1. The fraction of sp³-hybridized carbons (Fsp3) is 0.841. The number of allylic oxidation sites excluding steroid dienone is 5. The van der Waals surface area contributed by atoms with Crippen molar-refractivity contribution in [3.8, 4) is 0 Å². The average molecular weight is 769 g/mol. The summed E-state index contributed by atoms with van der Waals surface area (Å²) in [5, 5.41) is 13.6. The highest BCUT2D eigenvalue weighted by atomic mass is 31.2. The van der Waals surface area contributed by atoms with E-state index in [-0.39, 0.29) is 25.7 Å². The Morgan fingerprint density at radius 3 is 1.45 bits per heavy atom. The van der Waals surface area contributed by atoms with E-state index in [1.807, 2.05) is 6.08 Å². The van der Waals surface area contributed by atoms with Crippen molar-refractivity contribution in [1.82, 2.24) is 5.32 Å². The van der Waals surface area contributed by atoms with Crippen LogP contribution in [0.25, 0.3) is 0 Å². The number of aliphatic hydroxyl groups is 1. The molecule has 0 aromatic heterocycles. The molecule has 0 aliphatic rings. The molecule has 3 unspecified atom stereocenters. The Labute approximate surface area is 327 Å². The third-order valence-electron chi connectivity index (χ3n) is 9.70. The molecule has 0 spiro atoms. The van der Waals surface area contributed by atoms with Crippen LogP contribution in [0.3, 0.4) is 0 Å². The minimum atomic E-state index is -4.35. The summed E-state index contributed by atoms with van der Waals surface area (Å²) < 4.78 is 22.1. The minimum absolute atomic E-state index is 0.0726. The molecule has 0 aromatic carbocycles. The molecule has 53 heavy (non-hydrogen) atoms. The summed E-state index contributed by atoms with van der Waals surface area (Å²) >= 11 is 0. The van der Waals surface area contributed by atoms with Crippen molar-refractivity contribution in [2.24, 2.45) is 5.73 Å². The number of nitrogens with two attached hydrogens (primary N) is 1. The zero-order valence-electron chi connectivity index (χ0n) is 34.5. The van der Waals surface area contributed by atoms with Crippen molar-refractivity contribution in [2.75, 3.05) is 19.8 Å². The van der Waals surface area contributed by atoms with Gasteiger partial charge in [0.15, 0.2) is 0 Å². The monoisotopic (exact) mass is 769 g/mol. The molecule has 0 saturated heterocycles. The molecule has 0 fully saturated rings. The number of nitrogens with one attached hydrogen (secondary N) is 1. The maximum Gasteiger partial charge on any atom is 0.472 e. The Bertz CT molecular complexity index is 928. The molecular formula is C44H85N2O6P. The van der Waals surface area contributed by atoms with Crippen LogP contribution in [0.4, 0.5) is 0 Å². The van der Waals surface area contributed by atoms with Crippen LogP contribution in [0.5, 0.6) is 0 Å². The van der Waals surface area contributed by atoms with Crippen LogP contribution in [0.1, 0.15) is 206 Å². The van der Waals surface area contributed by atoms with Crippen LogP contribution < -0.4 is 11.1 Å². The van der Waals surface area contributed by atoms with E-state index in [9.17, 15) is 19.4 Å². The molecule has 0 aliphatic carbocycles. The number of aliphatic hydroxyl groups excluding tert-OH is 1. The fourth-order valence-corrected chi connectivity index (χ4v) is 7.10. The first-order valence-electron chi connectivity index (χ1n) is 22.1. The molecule has 1 amide bonds. The van der Waals surface area contributed by atoms with Gasteiger partial charge in [-0.25, -0.2) is 4.57 Å². The van der Waals surface area contributed by atoms with Gasteiger partial charge in [-0.1, -0.05) is 192 Å². The molecule has 0 heterocycles. The topological polar surface area (TPSA) is 131 Å². The number of hydrogen-bond acceptors (Lipinski definition) is 6. The SMILES string of the molecule is CCCCCC/C=C/CC/C=C/CC/C=C/C(O)C(COP(=O)(O)OCCN)NC(=O)CCCCCCCCCCCCCCCCCCCCCC. The van der Waals surface area contributed by atoms with E-state index in [0.717, 1.165) is 44.9 Å². The zero-order valence-corrected chi connectivity index (χ0v) is 35.4. The van der Waals surface area contributed by atoms with Gasteiger partial charge in [0, 0.05) is 13.0 Å². The van der Waals surface area contributed by atoms with Crippen molar-refractivity contribution in [2.45, 2.75) is 219 Å². The first-order valence-corrected chi connectivity index (χ1v) is 23.6. The largest absolute Gasteiger partial charge is 0.472 e. The Balaban J connectivity index is 4.19. The quantitative estimate of drug-likeness (QED) is 0.0277. The molecule has 0 radical (unpaired) electrons. The summed E-state index contributed by atoms with van der Waals surface area (Å²) in [6, 6.07) is -0.880. The van der Waals surface area contributed by atoms with Crippen molar-refractivity contribution in [3.63, 3.8) is 0 Å². The number of carbonyl (C=O) groups excluding carboxylic acids is 1. The molecule has 3 atom stereocenters. The molecule has 0 bridgehead atoms. The Hall–Kier alpha value is -1.28. The Kier molecular flexibility index (Phi) is 39.4. The van der Waals surface area contributed by atoms with Crippen LogP contribution in [0.2, 0.25) is 0 Å². The van der Waals surface area contributed by atoms with E-state index in [1.165, 1.54) is 141 Å². The second kappa shape index (κ2) is 40.4. The van der Waals surface area contributed by atoms with E-state index in [2.05, 4.69) is 43.5 Å². The predicted molar refractivity (Wildman–Crippen MR) is 226 cm³/mol. The van der Waals surface area contributed by atoms with Gasteiger partial charge in [-0.05, 0) is 44.9 Å². The molecule has 0 aromatic rings. The van der Waals surface area contributed by atoms with Gasteiger partial charge < -0.3 is 21.1 Å². The van der Waals surface area contributed by atoms with E-state index in [1.54, 1.807) is 6.08 Å². The smallest absolute Gasteiger partial charge is 0.387 e. The van der Waals surface area contributed by atoms with Gasteiger partial charge in [0.2, 0.25) is 5.91 Å². The minimum Gasteiger partial charge on any atom is -0.387 e. The van der Waals surface area contributed by atoms with Gasteiger partial charge in [-0.2, -0.15) is 0 Å². The van der Waals surface area contributed by atoms with E-state index in [4.69, 9.17) is 14.8 Å². The number of rotatable bonds is 41. The average Bonchev–Trinajstić information content (AvgIpc) is 3.14. The van der Waals surface area contributed by atoms with Gasteiger partial charge >= 0.3 is 7.82 Å². The highest BCUT2D eigenvalue weighted by Crippen LogP contribution is 2.43. The van der Waals surface area contributed by atoms with E-state index >= 15 is 0 Å². The van der Waals surface area contributed by atoms with E-state index in [0.29, 0.717) is 6.42 Å². The van der Waals surface area contributed by atoms with Crippen molar-refractivity contribution in [3.05, 3.63) is 36.5 Å². The molecule has 0 saturated carbocycles. The molecule has 0 rings (SSSR count). The third kappa shape index (κ3) is 38.8. The molecule has 312 valence electrons. The second-order valence-electron chi connectivity index (χ2n) is 14.9. The molecule has 9 heteroatoms. The van der Waals surface area contributed by atoms with Gasteiger partial charge in [0.05, 0.1) is 25.4 Å². The highest BCUT2D eigenvalue weighted by molar-refractivity contribution is 7.47. The van der Waals surface area contributed by atoms with Crippen LogP contribution in [-0.4, -0.2) is 47.8 Å². The Morgan fingerprint density at radius 1 is 0.604 bits per heavy atom. The summed E-state index contributed by atoms with van der Waals surface area (Å²) in [5.74, 6) is -0.206. The van der Waals surface area contributed by atoms with Gasteiger partial charge in [-0.3, -0.25) is 13.8 Å². The standard InChI is InChI=1S/C44H85N2O6P/c1-3-5-7-9-11-13-15-17-19-20-21-22-23-24-26-28-30-32-34-36-38-44(48)46-42(41-52-53(49,50)51-40-39-45)43(47)37-35-33-31-29-27-25-18-16-14-12-10-8-6-4-2/h14,16,27,29,35,37,42-43,47H,3-13,15,17-26,28,30-34,36,38-41,45H2,1-2H3,(H,46,48)(H,49,50)/b16-14+,29-27+,37-35+. The lowest BCUT2D eigenvalue weighted by Gasteiger charge is -2.23. The van der Waals surface area contributed by atoms with Crippen molar-refractivity contribution >= 4 is 13.7 Å². The van der Waals surface area contributed by atoms with Crippen molar-refractivity contribution in [1.29, 1.82) is 0 Å². The van der Waals surface area contributed by atoms with Gasteiger partial charge in [-0.15, -0.1) is 0 Å². The maximum atomic E-state index is 12.8. The van der Waals surface area contributed by atoms with Gasteiger partial charge in [0.25, 0.3) is 0 Å². The molecule has 0 aliphatic heterocycles. The first-order chi connectivity index (χ1) is 25.9. The predicted octanol–water partition coefficient (Wildman–Crippen LogP) is 12.3. The lowest BCUT2D eigenvalue weighted by Crippen LogP contribution is -2.45. The summed E-state index contributed by atoms with van der Waals surface area (Å²) in [6.45, 7) is 4.09. The van der Waals surface area contributed by atoms with Crippen LogP contribution >= 0.6 is 7.82 Å². The summed E-state index contributed by atoms with van der Waals surface area (Å²) in [6.07, 6.45) is 47.7.